The Morgan fingerprint density at radius 2 is 1.08 bits per heavy atom. The topological polar surface area (TPSA) is 118 Å². The van der Waals surface area contributed by atoms with Gasteiger partial charge in [-0.05, 0) is 0 Å². The van der Waals surface area contributed by atoms with Crippen LogP contribution in [-0.2, 0) is 4.79 Å². The number of aliphatic carboxylic acids is 1. The average molecular weight is 198 g/mol. The molecule has 0 unspecified atom stereocenters. The van der Waals surface area contributed by atoms with Crippen LogP contribution in [0.25, 0.3) is 0 Å². The number of carboxylic acid groups (broad SMARTS) is 1. The Bertz CT molecular complexity index is 77.1. The second-order valence-electron chi connectivity index (χ2n) is 1.64. The van der Waals surface area contributed by atoms with Gasteiger partial charge in [-0.2, -0.15) is 0 Å². The maximum atomic E-state index is 9.37. The molecule has 0 amide bonds. The van der Waals surface area contributed by atoms with E-state index in [0.717, 1.165) is 0 Å². The van der Waals surface area contributed by atoms with Gasteiger partial charge >= 0.3 is 5.97 Å². The zero-order valence-corrected chi connectivity index (χ0v) is 7.68. The maximum Gasteiger partial charge on any atom is 0.303 e. The predicted octanol–water partition coefficient (Wildman–Crippen LogP) is -1.58. The van der Waals surface area contributed by atoms with Crippen molar-refractivity contribution >= 4 is 5.97 Å². The molecule has 5 N–H and O–H groups in total. The number of hydrogen-bond acceptors (Lipinski definition) is 5. The first kappa shape index (κ1) is 18.2. The smallest absolute Gasteiger partial charge is 0.303 e. The average Bonchev–Trinajstić information content (AvgIpc) is 2.18. The first-order valence-corrected chi connectivity index (χ1v) is 3.75. The lowest BCUT2D eigenvalue weighted by atomic mass is 10.5. The highest BCUT2D eigenvalue weighted by Gasteiger charge is 1.80. The van der Waals surface area contributed by atoms with Crippen LogP contribution in [0.5, 0.6) is 0 Å². The van der Waals surface area contributed by atoms with Gasteiger partial charge in [0.2, 0.25) is 0 Å². The van der Waals surface area contributed by atoms with E-state index in [2.05, 4.69) is 0 Å². The Morgan fingerprint density at radius 3 is 1.08 bits per heavy atom. The Balaban J connectivity index is -0.000000117. The molecule has 0 aromatic carbocycles. The van der Waals surface area contributed by atoms with Gasteiger partial charge < -0.3 is 25.5 Å². The minimum absolute atomic E-state index is 0.125. The second kappa shape index (κ2) is 22.5. The third kappa shape index (κ3) is 89.5. The van der Waals surface area contributed by atoms with E-state index in [1.807, 2.05) is 0 Å². The molecule has 0 saturated carbocycles. The summed E-state index contributed by atoms with van der Waals surface area (Å²) in [6.45, 7) is 1.10. The summed E-state index contributed by atoms with van der Waals surface area (Å²) in [4.78, 5) is 9.37. The molecule has 0 fully saturated rings. The van der Waals surface area contributed by atoms with Crippen LogP contribution in [0.2, 0.25) is 0 Å². The molecule has 0 spiro atoms. The van der Waals surface area contributed by atoms with Crippen molar-refractivity contribution in [2.45, 2.75) is 13.3 Å². The number of rotatable bonds is 3. The molecule has 0 heterocycles. The van der Waals surface area contributed by atoms with Crippen molar-refractivity contribution in [1.29, 1.82) is 0 Å². The number of aliphatic hydroxyl groups is 4. The summed E-state index contributed by atoms with van der Waals surface area (Å²) >= 11 is 0. The van der Waals surface area contributed by atoms with Gasteiger partial charge in [0.05, 0.1) is 26.4 Å². The zero-order chi connectivity index (χ0) is 11.1. The number of hydrogen-bond donors (Lipinski definition) is 5. The molecule has 6 nitrogen and oxygen atoms in total. The first-order chi connectivity index (χ1) is 6.10. The van der Waals surface area contributed by atoms with Gasteiger partial charge in [-0.15, -0.1) is 0 Å². The van der Waals surface area contributed by atoms with Crippen LogP contribution in [0.3, 0.4) is 0 Å². The highest BCUT2D eigenvalue weighted by molar-refractivity contribution is 5.66. The molecule has 0 saturated heterocycles. The molecule has 82 valence electrons. The Labute approximate surface area is 77.1 Å². The Morgan fingerprint density at radius 1 is 0.923 bits per heavy atom. The predicted molar refractivity (Wildman–Crippen MR) is 46.3 cm³/mol. The number of aliphatic hydroxyl groups excluding tert-OH is 4. The largest absolute Gasteiger partial charge is 0.481 e. The lowest BCUT2D eigenvalue weighted by Crippen LogP contribution is -1.86. The molecular weight excluding hydrogens is 180 g/mol. The van der Waals surface area contributed by atoms with Crippen LogP contribution in [0.4, 0.5) is 0 Å². The molecule has 0 atom stereocenters. The van der Waals surface area contributed by atoms with E-state index in [-0.39, 0.29) is 32.8 Å². The molecule has 0 bridgehead atoms. The second-order valence-corrected chi connectivity index (χ2v) is 1.64. The van der Waals surface area contributed by atoms with Crippen molar-refractivity contribution in [3.8, 4) is 0 Å². The maximum absolute atomic E-state index is 9.37. The summed E-state index contributed by atoms with van der Waals surface area (Å²) < 4.78 is 0. The molecule has 6 heteroatoms. The monoisotopic (exact) mass is 198 g/mol. The van der Waals surface area contributed by atoms with E-state index < -0.39 is 5.97 Å². The van der Waals surface area contributed by atoms with Crippen molar-refractivity contribution in [3.05, 3.63) is 0 Å². The fourth-order valence-electron chi connectivity index (χ4n) is 0. The Kier molecular flexibility index (Phi) is 31.4. The molecular formula is C7H18O6. The quantitative estimate of drug-likeness (QED) is 0.373. The first-order valence-electron chi connectivity index (χ1n) is 3.75. The fourth-order valence-corrected chi connectivity index (χ4v) is 0. The van der Waals surface area contributed by atoms with Gasteiger partial charge in [0.25, 0.3) is 0 Å². The summed E-state index contributed by atoms with van der Waals surface area (Å²) in [5, 5.41) is 38.2. The van der Waals surface area contributed by atoms with E-state index in [4.69, 9.17) is 25.5 Å². The minimum Gasteiger partial charge on any atom is -0.481 e. The zero-order valence-electron chi connectivity index (χ0n) is 7.68. The van der Waals surface area contributed by atoms with Gasteiger partial charge in [0.1, 0.15) is 0 Å². The number of carbonyl (C=O) groups is 1. The van der Waals surface area contributed by atoms with Gasteiger partial charge in [-0.3, -0.25) is 4.79 Å². The van der Waals surface area contributed by atoms with Crippen LogP contribution in [-0.4, -0.2) is 57.9 Å². The van der Waals surface area contributed by atoms with E-state index >= 15 is 0 Å². The SMILES string of the molecule is CCC(=O)O.OCCO.OCCO. The van der Waals surface area contributed by atoms with E-state index in [0.29, 0.717) is 0 Å². The molecule has 0 rings (SSSR count). The molecule has 0 aromatic rings. The van der Waals surface area contributed by atoms with Gasteiger partial charge in [0, 0.05) is 6.42 Å². The van der Waals surface area contributed by atoms with Crippen LogP contribution in [0.15, 0.2) is 0 Å². The van der Waals surface area contributed by atoms with Crippen LogP contribution >= 0.6 is 0 Å². The van der Waals surface area contributed by atoms with Crippen LogP contribution in [0, 0.1) is 0 Å². The molecule has 0 aliphatic carbocycles. The van der Waals surface area contributed by atoms with Crippen molar-refractivity contribution in [3.63, 3.8) is 0 Å². The van der Waals surface area contributed by atoms with Crippen molar-refractivity contribution in [2.75, 3.05) is 26.4 Å². The summed E-state index contributed by atoms with van der Waals surface area (Å²) in [7, 11) is 0. The fraction of sp³-hybridized carbons (Fsp3) is 0.857. The Hall–Kier alpha value is -0.690. The minimum atomic E-state index is -0.745. The summed E-state index contributed by atoms with van der Waals surface area (Å²) in [6, 6.07) is 0. The van der Waals surface area contributed by atoms with Crippen molar-refractivity contribution in [2.24, 2.45) is 0 Å². The molecule has 0 radical (unpaired) electrons. The highest BCUT2D eigenvalue weighted by atomic mass is 16.4. The van der Waals surface area contributed by atoms with Gasteiger partial charge in [0.15, 0.2) is 0 Å². The lowest BCUT2D eigenvalue weighted by molar-refractivity contribution is -0.136. The number of carboxylic acids is 1. The van der Waals surface area contributed by atoms with E-state index in [1.54, 1.807) is 6.92 Å². The molecule has 0 aliphatic rings. The van der Waals surface area contributed by atoms with Gasteiger partial charge in [-0.25, -0.2) is 0 Å². The van der Waals surface area contributed by atoms with E-state index in [9.17, 15) is 4.79 Å². The molecule has 0 aromatic heterocycles. The highest BCUT2D eigenvalue weighted by Crippen LogP contribution is 1.67. The van der Waals surface area contributed by atoms with Crippen molar-refractivity contribution in [1.82, 2.24) is 0 Å². The van der Waals surface area contributed by atoms with Crippen molar-refractivity contribution < 1.29 is 30.3 Å². The van der Waals surface area contributed by atoms with Crippen LogP contribution in [0.1, 0.15) is 13.3 Å². The summed E-state index contributed by atoms with van der Waals surface area (Å²) in [5.74, 6) is -0.745. The lowest BCUT2D eigenvalue weighted by Gasteiger charge is -1.71. The summed E-state index contributed by atoms with van der Waals surface area (Å²) in [5.41, 5.74) is 0. The van der Waals surface area contributed by atoms with E-state index in [1.165, 1.54) is 0 Å². The molecule has 13 heavy (non-hydrogen) atoms. The normalized spacial score (nSPS) is 7.46. The van der Waals surface area contributed by atoms with Gasteiger partial charge in [-0.1, -0.05) is 6.92 Å². The molecule has 0 aliphatic heterocycles. The summed E-state index contributed by atoms with van der Waals surface area (Å²) in [6.07, 6.45) is 0.222. The van der Waals surface area contributed by atoms with Crippen LogP contribution < -0.4 is 0 Å². The third-order valence-electron chi connectivity index (χ3n) is 0.502. The third-order valence-corrected chi connectivity index (χ3v) is 0.502. The standard InChI is InChI=1S/C3H6O2.2C2H6O2/c1-2-3(4)5;2*3-1-2-4/h2H2,1H3,(H,4,5);2*3-4H,1-2H2.